The van der Waals surface area contributed by atoms with Crippen LogP contribution in [-0.4, -0.2) is 27.1 Å². The highest BCUT2D eigenvalue weighted by atomic mass is 32.2. The monoisotopic (exact) mass is 227 g/mol. The van der Waals surface area contributed by atoms with Crippen LogP contribution in [0, 0.1) is 0 Å². The van der Waals surface area contributed by atoms with Crippen molar-refractivity contribution in [1.29, 1.82) is 0 Å². The standard InChI is InChI=1S/C10H13NO3S/c1-11(2)10-5-3-9(4-6-10)7-8-15(12,13)14/h3-8H,1-2H3,(H,12,13,14)/b8-7+. The number of anilines is 1. The molecule has 15 heavy (non-hydrogen) atoms. The molecule has 0 amide bonds. The first-order valence-corrected chi connectivity index (χ1v) is 5.82. The van der Waals surface area contributed by atoms with Crippen LogP contribution in [-0.2, 0) is 10.1 Å². The van der Waals surface area contributed by atoms with Crippen LogP contribution in [0.4, 0.5) is 5.69 Å². The summed E-state index contributed by atoms with van der Waals surface area (Å²) in [6.45, 7) is 0. The molecule has 0 heterocycles. The quantitative estimate of drug-likeness (QED) is 0.797. The van der Waals surface area contributed by atoms with E-state index in [1.54, 1.807) is 12.1 Å². The van der Waals surface area contributed by atoms with Crippen LogP contribution in [0.3, 0.4) is 0 Å². The molecule has 5 heteroatoms. The van der Waals surface area contributed by atoms with E-state index in [2.05, 4.69) is 0 Å². The molecule has 0 aromatic heterocycles. The summed E-state index contributed by atoms with van der Waals surface area (Å²) < 4.78 is 29.4. The first-order valence-electron chi connectivity index (χ1n) is 4.31. The van der Waals surface area contributed by atoms with Gasteiger partial charge in [-0.05, 0) is 23.8 Å². The molecule has 0 aliphatic carbocycles. The SMILES string of the molecule is CN(C)c1ccc(/C=C/S(=O)(=O)O)cc1. The molecule has 1 N–H and O–H groups in total. The average molecular weight is 227 g/mol. The van der Waals surface area contributed by atoms with Crippen molar-refractivity contribution < 1.29 is 13.0 Å². The largest absolute Gasteiger partial charge is 0.378 e. The second-order valence-corrected chi connectivity index (χ2v) is 4.61. The van der Waals surface area contributed by atoms with Gasteiger partial charge >= 0.3 is 0 Å². The van der Waals surface area contributed by atoms with E-state index in [0.717, 1.165) is 16.7 Å². The molecule has 0 saturated heterocycles. The lowest BCUT2D eigenvalue weighted by molar-refractivity contribution is 0.494. The molecule has 0 fully saturated rings. The zero-order valence-electron chi connectivity index (χ0n) is 8.58. The topological polar surface area (TPSA) is 57.6 Å². The second-order valence-electron chi connectivity index (χ2n) is 3.30. The predicted molar refractivity (Wildman–Crippen MR) is 61.4 cm³/mol. The molecule has 0 bridgehead atoms. The van der Waals surface area contributed by atoms with Gasteiger partial charge in [0.1, 0.15) is 0 Å². The number of benzene rings is 1. The van der Waals surface area contributed by atoms with Crippen molar-refractivity contribution in [2.24, 2.45) is 0 Å². The van der Waals surface area contributed by atoms with Crippen LogP contribution < -0.4 is 4.90 Å². The van der Waals surface area contributed by atoms with Gasteiger partial charge in [0.05, 0.1) is 5.41 Å². The molecule has 1 aromatic rings. The van der Waals surface area contributed by atoms with E-state index >= 15 is 0 Å². The van der Waals surface area contributed by atoms with Gasteiger partial charge in [-0.3, -0.25) is 4.55 Å². The summed E-state index contributed by atoms with van der Waals surface area (Å²) in [6.07, 6.45) is 1.34. The van der Waals surface area contributed by atoms with Crippen LogP contribution in [0.5, 0.6) is 0 Å². The van der Waals surface area contributed by atoms with E-state index in [0.29, 0.717) is 0 Å². The molecule has 1 rings (SSSR count). The minimum absolute atomic E-state index is 0.721. The Bertz CT molecular complexity index is 446. The van der Waals surface area contributed by atoms with Gasteiger partial charge in [-0.25, -0.2) is 0 Å². The molecular weight excluding hydrogens is 214 g/mol. The van der Waals surface area contributed by atoms with Gasteiger partial charge in [-0.15, -0.1) is 0 Å². The molecule has 82 valence electrons. The molecule has 0 spiro atoms. The molecule has 0 atom stereocenters. The highest BCUT2D eigenvalue weighted by Gasteiger charge is 1.97. The molecular formula is C10H13NO3S. The Morgan fingerprint density at radius 3 is 2.13 bits per heavy atom. The third kappa shape index (κ3) is 4.14. The van der Waals surface area contributed by atoms with E-state index < -0.39 is 10.1 Å². The van der Waals surface area contributed by atoms with Crippen LogP contribution in [0.15, 0.2) is 29.7 Å². The normalized spacial score (nSPS) is 11.9. The molecule has 4 nitrogen and oxygen atoms in total. The Balaban J connectivity index is 2.86. The number of hydrogen-bond acceptors (Lipinski definition) is 3. The summed E-state index contributed by atoms with van der Waals surface area (Å²) in [6, 6.07) is 7.28. The summed E-state index contributed by atoms with van der Waals surface area (Å²) in [5.74, 6) is 0. The van der Waals surface area contributed by atoms with Gasteiger partial charge in [-0.1, -0.05) is 12.1 Å². The highest BCUT2D eigenvalue weighted by Crippen LogP contribution is 2.13. The first-order chi connectivity index (χ1) is 6.88. The van der Waals surface area contributed by atoms with Gasteiger partial charge in [0.25, 0.3) is 10.1 Å². The third-order valence-corrected chi connectivity index (χ3v) is 2.32. The predicted octanol–water partition coefficient (Wildman–Crippen LogP) is 1.61. The van der Waals surface area contributed by atoms with Crippen LogP contribution in [0.1, 0.15) is 5.56 Å². The maximum Gasteiger partial charge on any atom is 0.287 e. The summed E-state index contributed by atoms with van der Waals surface area (Å²) in [5, 5.41) is 0.762. The fourth-order valence-electron chi connectivity index (χ4n) is 1.05. The molecule has 1 aromatic carbocycles. The second kappa shape index (κ2) is 4.46. The summed E-state index contributed by atoms with van der Waals surface area (Å²) >= 11 is 0. The van der Waals surface area contributed by atoms with E-state index in [1.165, 1.54) is 6.08 Å². The van der Waals surface area contributed by atoms with Crippen molar-refractivity contribution in [3.05, 3.63) is 35.2 Å². The van der Waals surface area contributed by atoms with Gasteiger partial charge in [0.15, 0.2) is 0 Å². The summed E-state index contributed by atoms with van der Waals surface area (Å²) in [5.41, 5.74) is 1.75. The maximum absolute atomic E-state index is 10.4. The fraction of sp³-hybridized carbons (Fsp3) is 0.200. The lowest BCUT2D eigenvalue weighted by Gasteiger charge is -2.11. The number of hydrogen-bond donors (Lipinski definition) is 1. The van der Waals surface area contributed by atoms with E-state index in [-0.39, 0.29) is 0 Å². The molecule has 0 saturated carbocycles. The van der Waals surface area contributed by atoms with Crippen molar-refractivity contribution in [2.45, 2.75) is 0 Å². The third-order valence-electron chi connectivity index (χ3n) is 1.84. The van der Waals surface area contributed by atoms with Crippen LogP contribution in [0.2, 0.25) is 0 Å². The Hall–Kier alpha value is -1.33. The van der Waals surface area contributed by atoms with E-state index in [9.17, 15) is 8.42 Å². The number of nitrogens with zero attached hydrogens (tertiary/aromatic N) is 1. The van der Waals surface area contributed by atoms with Crippen molar-refractivity contribution >= 4 is 21.9 Å². The van der Waals surface area contributed by atoms with Crippen LogP contribution >= 0.6 is 0 Å². The van der Waals surface area contributed by atoms with Gasteiger partial charge in [0.2, 0.25) is 0 Å². The molecule has 0 aliphatic heterocycles. The fourth-order valence-corrected chi connectivity index (χ4v) is 1.38. The minimum atomic E-state index is -4.04. The van der Waals surface area contributed by atoms with Gasteiger partial charge < -0.3 is 4.90 Å². The molecule has 0 unspecified atom stereocenters. The van der Waals surface area contributed by atoms with E-state index in [1.807, 2.05) is 31.1 Å². The van der Waals surface area contributed by atoms with Crippen molar-refractivity contribution in [3.8, 4) is 0 Å². The maximum atomic E-state index is 10.4. The Kier molecular flexibility index (Phi) is 3.49. The zero-order chi connectivity index (χ0) is 11.5. The van der Waals surface area contributed by atoms with Crippen molar-refractivity contribution in [3.63, 3.8) is 0 Å². The summed E-state index contributed by atoms with van der Waals surface area (Å²) in [7, 11) is -0.200. The Morgan fingerprint density at radius 2 is 1.73 bits per heavy atom. The average Bonchev–Trinajstić information content (AvgIpc) is 2.14. The minimum Gasteiger partial charge on any atom is -0.378 e. The first kappa shape index (κ1) is 11.7. The summed E-state index contributed by atoms with van der Waals surface area (Å²) in [4.78, 5) is 1.94. The lowest BCUT2D eigenvalue weighted by atomic mass is 10.2. The van der Waals surface area contributed by atoms with Crippen molar-refractivity contribution in [2.75, 3.05) is 19.0 Å². The van der Waals surface area contributed by atoms with E-state index in [4.69, 9.17) is 4.55 Å². The van der Waals surface area contributed by atoms with Crippen molar-refractivity contribution in [1.82, 2.24) is 0 Å². The Labute approximate surface area is 89.6 Å². The van der Waals surface area contributed by atoms with Gasteiger partial charge in [-0.2, -0.15) is 8.42 Å². The molecule has 0 radical (unpaired) electrons. The lowest BCUT2D eigenvalue weighted by Crippen LogP contribution is -2.07. The van der Waals surface area contributed by atoms with Gasteiger partial charge in [0, 0.05) is 19.8 Å². The number of rotatable bonds is 3. The van der Waals surface area contributed by atoms with Crippen LogP contribution in [0.25, 0.3) is 6.08 Å². The highest BCUT2D eigenvalue weighted by molar-refractivity contribution is 7.88. The zero-order valence-corrected chi connectivity index (χ0v) is 9.40. The Morgan fingerprint density at radius 1 is 1.20 bits per heavy atom. The smallest absolute Gasteiger partial charge is 0.287 e. The molecule has 0 aliphatic rings.